The number of amides is 2. The van der Waals surface area contributed by atoms with Crippen molar-refractivity contribution < 1.29 is 22.7 Å². The van der Waals surface area contributed by atoms with E-state index in [1.54, 1.807) is 31.4 Å². The second-order valence-electron chi connectivity index (χ2n) is 8.98. The van der Waals surface area contributed by atoms with Crippen LogP contribution in [0.1, 0.15) is 49.8 Å². The maximum atomic E-state index is 13.7. The number of carbonyl (C=O) groups excluding carboxylic acids is 2. The van der Waals surface area contributed by atoms with Gasteiger partial charge in [-0.05, 0) is 67.6 Å². The Morgan fingerprint density at radius 2 is 1.69 bits per heavy atom. The fraction of sp³-hybridized carbons (Fsp3) is 0.481. The van der Waals surface area contributed by atoms with Crippen molar-refractivity contribution in [2.24, 2.45) is 0 Å². The second-order valence-corrected chi connectivity index (χ2v) is 10.9. The molecule has 1 atom stereocenters. The molecule has 2 aromatic carbocycles. The van der Waals surface area contributed by atoms with Gasteiger partial charge in [-0.15, -0.1) is 0 Å². The topological polar surface area (TPSA) is 96.0 Å². The maximum absolute atomic E-state index is 13.7. The summed E-state index contributed by atoms with van der Waals surface area (Å²) >= 11 is 0. The van der Waals surface area contributed by atoms with Crippen LogP contribution in [0.25, 0.3) is 0 Å². The summed E-state index contributed by atoms with van der Waals surface area (Å²) in [6, 6.07) is 11.8. The minimum Gasteiger partial charge on any atom is -0.497 e. The molecule has 2 aromatic rings. The van der Waals surface area contributed by atoms with Crippen molar-refractivity contribution in [2.45, 2.75) is 59.5 Å². The smallest absolute Gasteiger partial charge is 0.244 e. The van der Waals surface area contributed by atoms with Crippen molar-refractivity contribution in [3.63, 3.8) is 0 Å². The monoisotopic (exact) mass is 517 g/mol. The highest BCUT2D eigenvalue weighted by Crippen LogP contribution is 2.23. The van der Waals surface area contributed by atoms with Crippen LogP contribution in [0.4, 0.5) is 5.69 Å². The van der Waals surface area contributed by atoms with E-state index in [9.17, 15) is 18.0 Å². The van der Waals surface area contributed by atoms with Crippen molar-refractivity contribution in [3.8, 4) is 5.75 Å². The van der Waals surface area contributed by atoms with Gasteiger partial charge in [0.25, 0.3) is 0 Å². The number of unbranched alkanes of at least 4 members (excludes halogenated alkanes) is 1. The Hall–Kier alpha value is -3.07. The van der Waals surface area contributed by atoms with Crippen molar-refractivity contribution in [1.29, 1.82) is 0 Å². The second kappa shape index (κ2) is 13.3. The number of sulfonamides is 1. The van der Waals surface area contributed by atoms with Gasteiger partial charge in [-0.3, -0.25) is 13.9 Å². The molecule has 1 N–H and O–H groups in total. The highest BCUT2D eigenvalue weighted by atomic mass is 32.2. The van der Waals surface area contributed by atoms with E-state index in [-0.39, 0.29) is 12.5 Å². The van der Waals surface area contributed by atoms with Gasteiger partial charge in [-0.2, -0.15) is 0 Å². The van der Waals surface area contributed by atoms with E-state index in [1.165, 1.54) is 4.90 Å². The molecule has 0 aliphatic carbocycles. The molecule has 0 aromatic heterocycles. The van der Waals surface area contributed by atoms with Gasteiger partial charge in [-0.1, -0.05) is 38.5 Å². The third-order valence-electron chi connectivity index (χ3n) is 6.19. The van der Waals surface area contributed by atoms with E-state index in [0.29, 0.717) is 24.4 Å². The normalized spacial score (nSPS) is 12.1. The Kier molecular flexibility index (Phi) is 10.8. The molecule has 0 saturated carbocycles. The first-order valence-corrected chi connectivity index (χ1v) is 14.1. The van der Waals surface area contributed by atoms with Crippen molar-refractivity contribution in [3.05, 3.63) is 59.2 Å². The summed E-state index contributed by atoms with van der Waals surface area (Å²) in [5.41, 5.74) is 3.17. The standard InChI is InChI=1S/C27H39N3O5S/c1-7-9-16-28-27(32)25(8-2)29(18-22-11-14-24(35-5)15-12-22)26(31)19-30(36(6,33)34)23-13-10-20(3)21(4)17-23/h10-15,17,25H,7-9,16,18-19H2,1-6H3,(H,28,32). The molecule has 0 saturated heterocycles. The first kappa shape index (κ1) is 29.2. The zero-order chi connectivity index (χ0) is 26.9. The number of hydrogen-bond donors (Lipinski definition) is 1. The summed E-state index contributed by atoms with van der Waals surface area (Å²) in [5, 5.41) is 2.92. The molecule has 0 spiro atoms. The Labute approximate surface area is 215 Å². The molecule has 0 heterocycles. The van der Waals surface area contributed by atoms with Gasteiger partial charge < -0.3 is 15.0 Å². The van der Waals surface area contributed by atoms with Crippen LogP contribution < -0.4 is 14.4 Å². The number of rotatable bonds is 13. The molecule has 2 amide bonds. The Bertz CT molecular complexity index is 1130. The molecule has 0 fully saturated rings. The number of anilines is 1. The van der Waals surface area contributed by atoms with E-state index in [0.717, 1.165) is 40.1 Å². The molecular weight excluding hydrogens is 478 g/mol. The van der Waals surface area contributed by atoms with E-state index in [4.69, 9.17) is 4.74 Å². The lowest BCUT2D eigenvalue weighted by Crippen LogP contribution is -2.52. The van der Waals surface area contributed by atoms with Gasteiger partial charge in [0.15, 0.2) is 0 Å². The van der Waals surface area contributed by atoms with E-state index >= 15 is 0 Å². The first-order valence-electron chi connectivity index (χ1n) is 12.3. The minimum absolute atomic E-state index is 0.160. The summed E-state index contributed by atoms with van der Waals surface area (Å²) in [4.78, 5) is 28.2. The van der Waals surface area contributed by atoms with Crippen LogP contribution in [0.5, 0.6) is 5.75 Å². The number of benzene rings is 2. The molecule has 8 nitrogen and oxygen atoms in total. The van der Waals surface area contributed by atoms with Gasteiger partial charge >= 0.3 is 0 Å². The van der Waals surface area contributed by atoms with Crippen LogP contribution in [0.15, 0.2) is 42.5 Å². The lowest BCUT2D eigenvalue weighted by molar-refractivity contribution is -0.140. The van der Waals surface area contributed by atoms with Crippen LogP contribution in [-0.2, 0) is 26.2 Å². The molecule has 0 radical (unpaired) electrons. The van der Waals surface area contributed by atoms with Crippen molar-refractivity contribution in [1.82, 2.24) is 10.2 Å². The molecule has 2 rings (SSSR count). The van der Waals surface area contributed by atoms with Gasteiger partial charge in [0, 0.05) is 13.1 Å². The molecule has 0 bridgehead atoms. The zero-order valence-corrected chi connectivity index (χ0v) is 23.0. The summed E-state index contributed by atoms with van der Waals surface area (Å²) in [7, 11) is -2.18. The van der Waals surface area contributed by atoms with Gasteiger partial charge in [0.1, 0.15) is 18.3 Å². The van der Waals surface area contributed by atoms with E-state index in [2.05, 4.69) is 5.32 Å². The van der Waals surface area contributed by atoms with Crippen LogP contribution in [-0.4, -0.2) is 57.6 Å². The van der Waals surface area contributed by atoms with Gasteiger partial charge in [0.05, 0.1) is 19.1 Å². The maximum Gasteiger partial charge on any atom is 0.244 e. The Morgan fingerprint density at radius 3 is 2.22 bits per heavy atom. The average Bonchev–Trinajstić information content (AvgIpc) is 2.84. The summed E-state index contributed by atoms with van der Waals surface area (Å²) in [6.07, 6.45) is 3.24. The molecule has 0 aliphatic heterocycles. The average molecular weight is 518 g/mol. The summed E-state index contributed by atoms with van der Waals surface area (Å²) < 4.78 is 31.8. The minimum atomic E-state index is -3.76. The number of nitrogens with zero attached hydrogens (tertiary/aromatic N) is 2. The molecular formula is C27H39N3O5S. The number of hydrogen-bond acceptors (Lipinski definition) is 5. The lowest BCUT2D eigenvalue weighted by Gasteiger charge is -2.33. The summed E-state index contributed by atoms with van der Waals surface area (Å²) in [6.45, 7) is 7.99. The van der Waals surface area contributed by atoms with Gasteiger partial charge in [-0.25, -0.2) is 8.42 Å². The molecule has 9 heteroatoms. The number of methoxy groups -OCH3 is 1. The predicted molar refractivity (Wildman–Crippen MR) is 144 cm³/mol. The lowest BCUT2D eigenvalue weighted by atomic mass is 10.1. The third-order valence-corrected chi connectivity index (χ3v) is 7.33. The van der Waals surface area contributed by atoms with Crippen LogP contribution in [0.2, 0.25) is 0 Å². The van der Waals surface area contributed by atoms with Crippen molar-refractivity contribution in [2.75, 3.05) is 30.8 Å². The van der Waals surface area contributed by atoms with Crippen LogP contribution in [0, 0.1) is 13.8 Å². The molecule has 0 aliphatic rings. The zero-order valence-electron chi connectivity index (χ0n) is 22.2. The highest BCUT2D eigenvalue weighted by molar-refractivity contribution is 7.92. The Balaban J connectivity index is 2.42. The first-order chi connectivity index (χ1) is 17.0. The highest BCUT2D eigenvalue weighted by Gasteiger charge is 2.31. The molecule has 36 heavy (non-hydrogen) atoms. The van der Waals surface area contributed by atoms with Crippen molar-refractivity contribution >= 4 is 27.5 Å². The summed E-state index contributed by atoms with van der Waals surface area (Å²) in [5.74, 6) is -0.0178. The number of nitrogens with one attached hydrogen (secondary N) is 1. The number of ether oxygens (including phenoxy) is 1. The van der Waals surface area contributed by atoms with Crippen LogP contribution in [0.3, 0.4) is 0 Å². The SMILES string of the molecule is CCCCNC(=O)C(CC)N(Cc1ccc(OC)cc1)C(=O)CN(c1ccc(C)c(C)c1)S(C)(=O)=O. The number of aryl methyl sites for hydroxylation is 2. The number of carbonyl (C=O) groups is 2. The fourth-order valence-electron chi connectivity index (χ4n) is 3.85. The Morgan fingerprint density at radius 1 is 1.03 bits per heavy atom. The van der Waals surface area contributed by atoms with Gasteiger partial charge in [0.2, 0.25) is 21.8 Å². The fourth-order valence-corrected chi connectivity index (χ4v) is 4.69. The quantitative estimate of drug-likeness (QED) is 0.408. The van der Waals surface area contributed by atoms with Crippen LogP contribution >= 0.6 is 0 Å². The molecule has 1 unspecified atom stereocenters. The predicted octanol–water partition coefficient (Wildman–Crippen LogP) is 3.80. The van der Waals surface area contributed by atoms with E-state index < -0.39 is 28.5 Å². The largest absolute Gasteiger partial charge is 0.497 e. The van der Waals surface area contributed by atoms with E-state index in [1.807, 2.05) is 45.9 Å². The third kappa shape index (κ3) is 7.98. The molecule has 198 valence electrons.